The number of aryl methyl sites for hydroxylation is 2. The summed E-state index contributed by atoms with van der Waals surface area (Å²) in [6.45, 7) is 4.64. The smallest absolute Gasteiger partial charge is 0.334 e. The van der Waals surface area contributed by atoms with Crippen LogP contribution in [0, 0.1) is 13.8 Å². The highest BCUT2D eigenvalue weighted by molar-refractivity contribution is 5.78. The molecule has 1 amide bonds. The lowest BCUT2D eigenvalue weighted by atomic mass is 10.2. The predicted molar refractivity (Wildman–Crippen MR) is 65.7 cm³/mol. The number of ether oxygens (including phenoxy) is 1. The molecule has 1 fully saturated rings. The van der Waals surface area contributed by atoms with Gasteiger partial charge in [0.1, 0.15) is 6.54 Å². The Bertz CT molecular complexity index is 497. The van der Waals surface area contributed by atoms with E-state index < -0.39 is 12.1 Å². The highest BCUT2D eigenvalue weighted by atomic mass is 16.5. The number of carbonyl (C=O) groups excluding carboxylic acids is 1. The molecular formula is C12H17N3O4. The average Bonchev–Trinajstić information content (AvgIpc) is 2.68. The lowest BCUT2D eigenvalue weighted by Gasteiger charge is -2.30. The number of rotatable bonds is 3. The van der Waals surface area contributed by atoms with Crippen LogP contribution in [0.1, 0.15) is 11.4 Å². The van der Waals surface area contributed by atoms with Crippen molar-refractivity contribution in [1.82, 2.24) is 14.7 Å². The zero-order valence-corrected chi connectivity index (χ0v) is 11.0. The normalized spacial score (nSPS) is 19.5. The third kappa shape index (κ3) is 3.11. The zero-order valence-electron chi connectivity index (χ0n) is 11.0. The molecule has 1 atom stereocenters. The summed E-state index contributed by atoms with van der Waals surface area (Å²) in [6.07, 6.45) is -0.932. The molecule has 0 radical (unpaired) electrons. The van der Waals surface area contributed by atoms with Gasteiger partial charge >= 0.3 is 5.97 Å². The molecule has 0 aliphatic carbocycles. The standard InChI is InChI=1S/C12H17N3O4/c1-8-5-9(2)15(13-8)7-11(16)14-3-4-19-10(6-14)12(17)18/h5,10H,3-4,6-7H2,1-2H3,(H,17,18). The molecule has 1 N–H and O–H groups in total. The van der Waals surface area contributed by atoms with Gasteiger partial charge in [-0.1, -0.05) is 0 Å². The summed E-state index contributed by atoms with van der Waals surface area (Å²) in [5, 5.41) is 13.1. The van der Waals surface area contributed by atoms with Crippen LogP contribution >= 0.6 is 0 Å². The van der Waals surface area contributed by atoms with Crippen LogP contribution in [-0.4, -0.2) is 57.5 Å². The van der Waals surface area contributed by atoms with E-state index in [0.717, 1.165) is 11.4 Å². The van der Waals surface area contributed by atoms with Crippen LogP contribution in [-0.2, 0) is 20.9 Å². The molecule has 1 aromatic heterocycles. The SMILES string of the molecule is Cc1cc(C)n(CC(=O)N2CCOC(C(=O)O)C2)n1. The summed E-state index contributed by atoms with van der Waals surface area (Å²) < 4.78 is 6.71. The molecule has 0 saturated carbocycles. The van der Waals surface area contributed by atoms with Crippen molar-refractivity contribution in [2.45, 2.75) is 26.5 Å². The molecule has 19 heavy (non-hydrogen) atoms. The van der Waals surface area contributed by atoms with E-state index in [4.69, 9.17) is 9.84 Å². The molecule has 2 rings (SSSR count). The molecule has 7 nitrogen and oxygen atoms in total. The maximum absolute atomic E-state index is 12.1. The quantitative estimate of drug-likeness (QED) is 0.820. The van der Waals surface area contributed by atoms with Crippen molar-refractivity contribution in [3.8, 4) is 0 Å². The highest BCUT2D eigenvalue weighted by Crippen LogP contribution is 2.08. The fourth-order valence-corrected chi connectivity index (χ4v) is 2.09. The van der Waals surface area contributed by atoms with Gasteiger partial charge in [0.25, 0.3) is 0 Å². The Morgan fingerprint density at radius 3 is 2.84 bits per heavy atom. The van der Waals surface area contributed by atoms with Gasteiger partial charge in [0.15, 0.2) is 6.10 Å². The molecule has 1 aliphatic heterocycles. The number of carbonyl (C=O) groups is 2. The molecular weight excluding hydrogens is 250 g/mol. The van der Waals surface area contributed by atoms with E-state index >= 15 is 0 Å². The van der Waals surface area contributed by atoms with Crippen LogP contribution in [0.3, 0.4) is 0 Å². The van der Waals surface area contributed by atoms with Crippen LogP contribution in [0.4, 0.5) is 0 Å². The minimum absolute atomic E-state index is 0.0907. The number of nitrogens with zero attached hydrogens (tertiary/aromatic N) is 3. The maximum Gasteiger partial charge on any atom is 0.334 e. The van der Waals surface area contributed by atoms with E-state index in [1.54, 1.807) is 4.68 Å². The minimum atomic E-state index is -1.04. The fraction of sp³-hybridized carbons (Fsp3) is 0.583. The third-order valence-electron chi connectivity index (χ3n) is 3.08. The van der Waals surface area contributed by atoms with E-state index in [-0.39, 0.29) is 25.6 Å². The van der Waals surface area contributed by atoms with Crippen LogP contribution in [0.5, 0.6) is 0 Å². The Balaban J connectivity index is 2.00. The van der Waals surface area contributed by atoms with Crippen LogP contribution in [0.25, 0.3) is 0 Å². The Labute approximate surface area is 110 Å². The number of carboxylic acid groups (broad SMARTS) is 1. The zero-order chi connectivity index (χ0) is 14.0. The Kier molecular flexibility index (Phi) is 3.84. The second-order valence-electron chi connectivity index (χ2n) is 4.62. The number of hydrogen-bond donors (Lipinski definition) is 1. The van der Waals surface area contributed by atoms with Crippen molar-refractivity contribution in [2.24, 2.45) is 0 Å². The summed E-state index contributed by atoms with van der Waals surface area (Å²) in [5.74, 6) is -1.18. The monoisotopic (exact) mass is 267 g/mol. The summed E-state index contributed by atoms with van der Waals surface area (Å²) in [5.41, 5.74) is 1.77. The first-order valence-corrected chi connectivity index (χ1v) is 6.10. The van der Waals surface area contributed by atoms with E-state index in [2.05, 4.69) is 5.10 Å². The van der Waals surface area contributed by atoms with Gasteiger partial charge < -0.3 is 14.7 Å². The number of amides is 1. The van der Waals surface area contributed by atoms with Crippen molar-refractivity contribution in [1.29, 1.82) is 0 Å². The molecule has 104 valence electrons. The summed E-state index contributed by atoms with van der Waals surface area (Å²) in [6, 6.07) is 1.90. The van der Waals surface area contributed by atoms with Gasteiger partial charge in [0, 0.05) is 12.2 Å². The first-order valence-electron chi connectivity index (χ1n) is 6.10. The minimum Gasteiger partial charge on any atom is -0.479 e. The lowest BCUT2D eigenvalue weighted by molar-refractivity contribution is -0.159. The van der Waals surface area contributed by atoms with E-state index in [9.17, 15) is 9.59 Å². The van der Waals surface area contributed by atoms with Gasteiger partial charge in [0.2, 0.25) is 5.91 Å². The molecule has 0 spiro atoms. The van der Waals surface area contributed by atoms with Crippen molar-refractivity contribution in [3.05, 3.63) is 17.5 Å². The lowest BCUT2D eigenvalue weighted by Crippen LogP contribution is -2.49. The molecule has 7 heteroatoms. The number of carboxylic acids is 1. The first-order chi connectivity index (χ1) is 8.97. The van der Waals surface area contributed by atoms with Crippen molar-refractivity contribution < 1.29 is 19.4 Å². The van der Waals surface area contributed by atoms with E-state index in [0.29, 0.717) is 6.54 Å². The van der Waals surface area contributed by atoms with Crippen molar-refractivity contribution in [3.63, 3.8) is 0 Å². The molecule has 1 aliphatic rings. The first kappa shape index (κ1) is 13.5. The second-order valence-corrected chi connectivity index (χ2v) is 4.62. The number of aromatic nitrogens is 2. The molecule has 2 heterocycles. The second kappa shape index (κ2) is 5.40. The highest BCUT2D eigenvalue weighted by Gasteiger charge is 2.29. The van der Waals surface area contributed by atoms with Gasteiger partial charge in [-0.3, -0.25) is 9.48 Å². The van der Waals surface area contributed by atoms with Crippen LogP contribution in [0.15, 0.2) is 6.07 Å². The summed E-state index contributed by atoms with van der Waals surface area (Å²) in [7, 11) is 0. The Morgan fingerprint density at radius 2 is 2.26 bits per heavy atom. The predicted octanol–water partition coefficient (Wildman–Crippen LogP) is -0.188. The molecule has 1 saturated heterocycles. The third-order valence-corrected chi connectivity index (χ3v) is 3.08. The topological polar surface area (TPSA) is 84.7 Å². The van der Waals surface area contributed by atoms with Gasteiger partial charge in [-0.05, 0) is 19.9 Å². The molecule has 1 aromatic rings. The summed E-state index contributed by atoms with van der Waals surface area (Å²) in [4.78, 5) is 24.5. The number of hydrogen-bond acceptors (Lipinski definition) is 4. The molecule has 0 aromatic carbocycles. The van der Waals surface area contributed by atoms with Crippen molar-refractivity contribution in [2.75, 3.05) is 19.7 Å². The number of aliphatic carboxylic acids is 1. The van der Waals surface area contributed by atoms with Crippen LogP contribution in [0.2, 0.25) is 0 Å². The number of morpholine rings is 1. The average molecular weight is 267 g/mol. The largest absolute Gasteiger partial charge is 0.479 e. The maximum atomic E-state index is 12.1. The van der Waals surface area contributed by atoms with Gasteiger partial charge in [0.05, 0.1) is 18.8 Å². The van der Waals surface area contributed by atoms with Gasteiger partial charge in [-0.2, -0.15) is 5.10 Å². The summed E-state index contributed by atoms with van der Waals surface area (Å²) >= 11 is 0. The van der Waals surface area contributed by atoms with Crippen molar-refractivity contribution >= 4 is 11.9 Å². The van der Waals surface area contributed by atoms with Gasteiger partial charge in [-0.25, -0.2) is 4.79 Å². The van der Waals surface area contributed by atoms with Gasteiger partial charge in [-0.15, -0.1) is 0 Å². The van der Waals surface area contributed by atoms with Crippen LogP contribution < -0.4 is 0 Å². The fourth-order valence-electron chi connectivity index (χ4n) is 2.09. The molecule has 1 unspecified atom stereocenters. The van der Waals surface area contributed by atoms with E-state index in [1.165, 1.54) is 4.90 Å². The Hall–Kier alpha value is -1.89. The van der Waals surface area contributed by atoms with E-state index in [1.807, 2.05) is 19.9 Å². The molecule has 0 bridgehead atoms. The Morgan fingerprint density at radius 1 is 1.53 bits per heavy atom.